The van der Waals surface area contributed by atoms with Crippen molar-refractivity contribution in [2.45, 2.75) is 25.8 Å². The molecule has 2 heteroatoms. The molecule has 0 atom stereocenters. The largest absolute Gasteiger partial charge is 0.339 e. The maximum atomic E-state index is 10.4. The smallest absolute Gasteiger partial charge is 0.210 e. The van der Waals surface area contributed by atoms with Gasteiger partial charge >= 0.3 is 0 Å². The van der Waals surface area contributed by atoms with Gasteiger partial charge in [-0.25, -0.2) is 0 Å². The Kier molecular flexibility index (Phi) is 2.49. The monoisotopic (exact) mass is 139 g/mol. The second-order valence-corrected chi connectivity index (χ2v) is 2.60. The van der Waals surface area contributed by atoms with E-state index >= 15 is 0 Å². The zero-order valence-corrected chi connectivity index (χ0v) is 6.29. The minimum Gasteiger partial charge on any atom is -0.339 e. The van der Waals surface area contributed by atoms with Crippen molar-refractivity contribution >= 4 is 6.41 Å². The van der Waals surface area contributed by atoms with Gasteiger partial charge in [-0.3, -0.25) is 4.79 Å². The van der Waals surface area contributed by atoms with Gasteiger partial charge in [0.2, 0.25) is 6.41 Å². The average Bonchev–Trinajstić information content (AvgIpc) is 2.73. The first kappa shape index (κ1) is 7.32. The summed E-state index contributed by atoms with van der Waals surface area (Å²) in [6.07, 6.45) is 7.30. The molecule has 0 saturated heterocycles. The molecule has 0 bridgehead atoms. The van der Waals surface area contributed by atoms with Crippen molar-refractivity contribution in [3.8, 4) is 0 Å². The van der Waals surface area contributed by atoms with E-state index in [9.17, 15) is 4.79 Å². The van der Waals surface area contributed by atoms with Crippen LogP contribution in [0.5, 0.6) is 0 Å². The Hall–Kier alpha value is -0.790. The van der Waals surface area contributed by atoms with Gasteiger partial charge in [-0.05, 0) is 19.8 Å². The van der Waals surface area contributed by atoms with Crippen molar-refractivity contribution in [1.29, 1.82) is 0 Å². The van der Waals surface area contributed by atoms with E-state index in [1.54, 1.807) is 0 Å². The minimum absolute atomic E-state index is 0.550. The van der Waals surface area contributed by atoms with Crippen LogP contribution >= 0.6 is 0 Å². The lowest BCUT2D eigenvalue weighted by Gasteiger charge is -2.12. The Bertz CT molecular complexity index is 138. The van der Waals surface area contributed by atoms with Gasteiger partial charge in [0, 0.05) is 12.6 Å². The number of nitrogens with zero attached hydrogens (tertiary/aromatic N) is 1. The number of hydrogen-bond donors (Lipinski definition) is 0. The second-order valence-electron chi connectivity index (χ2n) is 2.60. The fraction of sp³-hybridized carbons (Fsp3) is 0.625. The Balaban J connectivity index is 2.25. The van der Waals surface area contributed by atoms with Crippen LogP contribution < -0.4 is 0 Å². The second kappa shape index (κ2) is 3.40. The number of allylic oxidation sites excluding steroid dienone is 1. The third-order valence-electron chi connectivity index (χ3n) is 1.70. The van der Waals surface area contributed by atoms with Gasteiger partial charge in [-0.1, -0.05) is 12.2 Å². The summed E-state index contributed by atoms with van der Waals surface area (Å²) in [5.74, 6) is 0. The molecule has 1 aliphatic carbocycles. The van der Waals surface area contributed by atoms with Gasteiger partial charge in [0.05, 0.1) is 0 Å². The molecule has 1 rings (SSSR count). The summed E-state index contributed by atoms with van der Waals surface area (Å²) in [7, 11) is 0. The van der Waals surface area contributed by atoms with Gasteiger partial charge in [-0.2, -0.15) is 0 Å². The molecule has 1 fully saturated rings. The van der Waals surface area contributed by atoms with E-state index in [4.69, 9.17) is 0 Å². The highest BCUT2D eigenvalue weighted by Gasteiger charge is 2.26. The van der Waals surface area contributed by atoms with E-state index < -0.39 is 0 Å². The lowest BCUT2D eigenvalue weighted by molar-refractivity contribution is -0.118. The van der Waals surface area contributed by atoms with Crippen molar-refractivity contribution < 1.29 is 4.79 Å². The molecule has 0 radical (unpaired) electrons. The Morgan fingerprint density at radius 2 is 2.30 bits per heavy atom. The fourth-order valence-electron chi connectivity index (χ4n) is 0.911. The van der Waals surface area contributed by atoms with Crippen LogP contribution in [0.2, 0.25) is 0 Å². The lowest BCUT2D eigenvalue weighted by atomic mass is 10.4. The van der Waals surface area contributed by atoms with E-state index in [0.29, 0.717) is 6.04 Å². The van der Waals surface area contributed by atoms with Crippen molar-refractivity contribution in [3.63, 3.8) is 0 Å². The van der Waals surface area contributed by atoms with E-state index in [1.165, 1.54) is 12.8 Å². The summed E-state index contributed by atoms with van der Waals surface area (Å²) in [5, 5.41) is 0. The van der Waals surface area contributed by atoms with Gasteiger partial charge in [-0.15, -0.1) is 0 Å². The molecule has 0 aromatic heterocycles. The molecule has 0 unspecified atom stereocenters. The molecule has 10 heavy (non-hydrogen) atoms. The molecular weight excluding hydrogens is 126 g/mol. The molecule has 1 saturated carbocycles. The molecule has 0 aromatic carbocycles. The van der Waals surface area contributed by atoms with Crippen LogP contribution in [0.4, 0.5) is 0 Å². The summed E-state index contributed by atoms with van der Waals surface area (Å²) < 4.78 is 0. The molecule has 0 N–H and O–H groups in total. The van der Waals surface area contributed by atoms with Crippen LogP contribution in [0, 0.1) is 0 Å². The molecule has 0 aromatic rings. The first-order valence-electron chi connectivity index (χ1n) is 3.70. The summed E-state index contributed by atoms with van der Waals surface area (Å²) in [6.45, 7) is 2.75. The van der Waals surface area contributed by atoms with Gasteiger partial charge in [0.15, 0.2) is 0 Å². The third kappa shape index (κ3) is 1.87. The van der Waals surface area contributed by atoms with Crippen LogP contribution in [-0.2, 0) is 4.79 Å². The molecule has 0 spiro atoms. The van der Waals surface area contributed by atoms with Crippen LogP contribution in [0.15, 0.2) is 12.2 Å². The van der Waals surface area contributed by atoms with Crippen LogP contribution in [0.3, 0.4) is 0 Å². The normalized spacial score (nSPS) is 17.7. The standard InChI is InChI=1S/C8H13NO/c1-2-3-6-9(7-10)8-4-5-8/h2-3,7-8H,4-6H2,1H3. The van der Waals surface area contributed by atoms with E-state index in [1.807, 2.05) is 24.0 Å². The Morgan fingerprint density at radius 3 is 2.70 bits per heavy atom. The maximum absolute atomic E-state index is 10.4. The molecule has 1 amide bonds. The molecule has 0 heterocycles. The van der Waals surface area contributed by atoms with Gasteiger partial charge in [0.1, 0.15) is 0 Å². The lowest BCUT2D eigenvalue weighted by Crippen LogP contribution is -2.23. The summed E-state index contributed by atoms with van der Waals surface area (Å²) in [6, 6.07) is 0.550. The molecule has 56 valence electrons. The Labute approximate surface area is 61.5 Å². The predicted molar refractivity (Wildman–Crippen MR) is 40.6 cm³/mol. The number of rotatable bonds is 4. The van der Waals surface area contributed by atoms with Gasteiger partial charge < -0.3 is 4.90 Å². The topological polar surface area (TPSA) is 20.3 Å². The number of amides is 1. The maximum Gasteiger partial charge on any atom is 0.210 e. The van der Waals surface area contributed by atoms with E-state index in [2.05, 4.69) is 0 Å². The van der Waals surface area contributed by atoms with Crippen LogP contribution in [0.25, 0.3) is 0 Å². The number of hydrogen-bond acceptors (Lipinski definition) is 1. The first-order chi connectivity index (χ1) is 4.88. The minimum atomic E-state index is 0.550. The van der Waals surface area contributed by atoms with Crippen molar-refractivity contribution in [1.82, 2.24) is 4.90 Å². The van der Waals surface area contributed by atoms with Crippen molar-refractivity contribution in [3.05, 3.63) is 12.2 Å². The first-order valence-corrected chi connectivity index (χ1v) is 3.70. The fourth-order valence-corrected chi connectivity index (χ4v) is 0.911. The molecular formula is C8H13NO. The third-order valence-corrected chi connectivity index (χ3v) is 1.70. The molecule has 0 aliphatic heterocycles. The van der Waals surface area contributed by atoms with Gasteiger partial charge in [0.25, 0.3) is 0 Å². The quantitative estimate of drug-likeness (QED) is 0.423. The zero-order valence-electron chi connectivity index (χ0n) is 6.29. The van der Waals surface area contributed by atoms with Crippen LogP contribution in [-0.4, -0.2) is 23.9 Å². The average molecular weight is 139 g/mol. The van der Waals surface area contributed by atoms with Crippen molar-refractivity contribution in [2.24, 2.45) is 0 Å². The highest BCUT2D eigenvalue weighted by molar-refractivity contribution is 5.48. The van der Waals surface area contributed by atoms with E-state index in [0.717, 1.165) is 13.0 Å². The molecule has 1 aliphatic rings. The predicted octanol–water partition coefficient (Wildman–Crippen LogP) is 1.18. The number of carbonyl (C=O) groups is 1. The highest BCUT2D eigenvalue weighted by Crippen LogP contribution is 2.24. The van der Waals surface area contributed by atoms with E-state index in [-0.39, 0.29) is 0 Å². The summed E-state index contributed by atoms with van der Waals surface area (Å²) >= 11 is 0. The molecule has 2 nitrogen and oxygen atoms in total. The van der Waals surface area contributed by atoms with Crippen LogP contribution in [0.1, 0.15) is 19.8 Å². The van der Waals surface area contributed by atoms with Crippen molar-refractivity contribution in [2.75, 3.05) is 6.54 Å². The SMILES string of the molecule is CC=CCN(C=O)C1CC1. The summed E-state index contributed by atoms with van der Waals surface area (Å²) in [4.78, 5) is 12.2. The zero-order chi connectivity index (χ0) is 7.40. The number of carbonyl (C=O) groups excluding carboxylic acids is 1. The highest BCUT2D eigenvalue weighted by atomic mass is 16.1. The summed E-state index contributed by atoms with van der Waals surface area (Å²) in [5.41, 5.74) is 0. The Morgan fingerprint density at radius 1 is 1.60 bits per heavy atom.